The van der Waals surface area contributed by atoms with Crippen molar-refractivity contribution in [2.24, 2.45) is 11.3 Å². The summed E-state index contributed by atoms with van der Waals surface area (Å²) in [5.74, 6) is -1.43. The Balaban J connectivity index is 1.07. The average Bonchev–Trinajstić information content (AvgIpc) is 3.58. The number of anilines is 1. The molecular weight excluding hydrogens is 554 g/mol. The van der Waals surface area contributed by atoms with Crippen LogP contribution in [0.5, 0.6) is 0 Å². The van der Waals surface area contributed by atoms with E-state index < -0.39 is 11.8 Å². The first-order chi connectivity index (χ1) is 20.2. The largest absolute Gasteiger partial charge is 0.339 e. The number of hydrogen-bond acceptors (Lipinski definition) is 6. The number of amides is 1. The summed E-state index contributed by atoms with van der Waals surface area (Å²) in [6, 6.07) is 14.3. The molecule has 2 aromatic carbocycles. The van der Waals surface area contributed by atoms with E-state index in [0.29, 0.717) is 12.5 Å². The topological polar surface area (TPSA) is 72.1 Å². The molecule has 0 spiro atoms. The fourth-order valence-corrected chi connectivity index (χ4v) is 8.41. The Morgan fingerprint density at radius 2 is 1.74 bits per heavy atom. The van der Waals surface area contributed by atoms with E-state index in [9.17, 15) is 13.6 Å². The third kappa shape index (κ3) is 4.55. The molecule has 0 unspecified atom stereocenters. The number of fused-ring (bicyclic) bond motifs is 4. The van der Waals surface area contributed by atoms with Crippen molar-refractivity contribution in [1.82, 2.24) is 15.1 Å². The maximum atomic E-state index is 13.9. The predicted octanol–water partition coefficient (Wildman–Crippen LogP) is 8.20. The van der Waals surface area contributed by atoms with Gasteiger partial charge in [0, 0.05) is 42.3 Å². The van der Waals surface area contributed by atoms with Crippen LogP contribution in [-0.4, -0.2) is 33.5 Å². The van der Waals surface area contributed by atoms with Gasteiger partial charge in [-0.25, -0.2) is 13.8 Å². The van der Waals surface area contributed by atoms with Crippen LogP contribution in [0.4, 0.5) is 14.5 Å². The number of hydrogen-bond donors (Lipinski definition) is 0. The molecule has 6 nitrogen and oxygen atoms in total. The molecule has 1 amide bonds. The van der Waals surface area contributed by atoms with E-state index in [1.807, 2.05) is 42.2 Å². The van der Waals surface area contributed by atoms with Crippen LogP contribution in [0.25, 0.3) is 21.3 Å². The lowest BCUT2D eigenvalue weighted by Gasteiger charge is -2.53. The minimum Gasteiger partial charge on any atom is -0.339 e. The smallest absolute Gasteiger partial charge is 0.249 e. The summed E-state index contributed by atoms with van der Waals surface area (Å²) in [7, 11) is 0. The summed E-state index contributed by atoms with van der Waals surface area (Å²) < 4.78 is 34.7. The summed E-state index contributed by atoms with van der Waals surface area (Å²) >= 11 is 1.66. The van der Waals surface area contributed by atoms with Crippen molar-refractivity contribution in [2.75, 3.05) is 11.4 Å². The van der Waals surface area contributed by atoms with E-state index in [0.717, 1.165) is 95.1 Å². The molecule has 218 valence electrons. The average molecular weight is 589 g/mol. The standard InChI is InChI=1S/C33H34F2N4O2S/c1-20-36-26-8-7-23(16-27(26)42-20)22-3-2-4-25(15-22)39(29(40)24-17-33(34,35)18-24)19-31-9-12-32(13-10-31,14-11-31)30-37-28(38-41-30)21-5-6-21/h2-4,7-8,15-16,21,24H,5-6,9-14,17-19H2,1H3. The number of alkyl halides is 2. The van der Waals surface area contributed by atoms with Crippen LogP contribution in [0, 0.1) is 18.3 Å². The van der Waals surface area contributed by atoms with Gasteiger partial charge in [-0.1, -0.05) is 23.4 Å². The molecule has 0 radical (unpaired) electrons. The van der Waals surface area contributed by atoms with Gasteiger partial charge in [0.2, 0.25) is 17.7 Å². The van der Waals surface area contributed by atoms with Crippen LogP contribution in [0.1, 0.15) is 86.8 Å². The molecule has 5 aliphatic carbocycles. The second-order valence-electron chi connectivity index (χ2n) is 13.4. The Kier molecular flexibility index (Phi) is 5.91. The van der Waals surface area contributed by atoms with Crippen LogP contribution in [0.2, 0.25) is 0 Å². The summed E-state index contributed by atoms with van der Waals surface area (Å²) in [6.45, 7) is 2.56. The quantitative estimate of drug-likeness (QED) is 0.218. The van der Waals surface area contributed by atoms with Crippen molar-refractivity contribution in [3.63, 3.8) is 0 Å². The van der Waals surface area contributed by atoms with E-state index in [2.05, 4.69) is 22.3 Å². The van der Waals surface area contributed by atoms with Crippen molar-refractivity contribution in [1.29, 1.82) is 0 Å². The van der Waals surface area contributed by atoms with E-state index in [1.54, 1.807) is 11.3 Å². The first-order valence-electron chi connectivity index (χ1n) is 15.2. The minimum atomic E-state index is -2.74. The highest BCUT2D eigenvalue weighted by molar-refractivity contribution is 7.18. The van der Waals surface area contributed by atoms with Gasteiger partial charge in [0.05, 0.1) is 15.2 Å². The van der Waals surface area contributed by atoms with Crippen LogP contribution < -0.4 is 4.90 Å². The van der Waals surface area contributed by atoms with Gasteiger partial charge < -0.3 is 9.42 Å². The molecular formula is C33H34F2N4O2S. The lowest BCUT2D eigenvalue weighted by Crippen LogP contribution is -2.53. The summed E-state index contributed by atoms with van der Waals surface area (Å²) in [6.07, 6.45) is 7.31. The van der Waals surface area contributed by atoms with Crippen LogP contribution in [-0.2, 0) is 10.2 Å². The number of aryl methyl sites for hydroxylation is 1. The van der Waals surface area contributed by atoms with Gasteiger partial charge in [0.15, 0.2) is 5.82 Å². The number of aromatic nitrogens is 3. The zero-order valence-corrected chi connectivity index (χ0v) is 24.6. The van der Waals surface area contributed by atoms with Gasteiger partial charge in [0.1, 0.15) is 0 Å². The van der Waals surface area contributed by atoms with Crippen LogP contribution in [0.3, 0.4) is 0 Å². The van der Waals surface area contributed by atoms with E-state index in [4.69, 9.17) is 9.51 Å². The highest BCUT2D eigenvalue weighted by Gasteiger charge is 2.55. The molecule has 2 aromatic heterocycles. The van der Waals surface area contributed by atoms with Crippen LogP contribution in [0.15, 0.2) is 47.0 Å². The van der Waals surface area contributed by atoms with Crippen molar-refractivity contribution < 1.29 is 18.1 Å². The van der Waals surface area contributed by atoms with Gasteiger partial charge >= 0.3 is 0 Å². The number of carbonyl (C=O) groups is 1. The Hall–Kier alpha value is -3.20. The zero-order valence-electron chi connectivity index (χ0n) is 23.7. The summed E-state index contributed by atoms with van der Waals surface area (Å²) in [4.78, 5) is 25.1. The lowest BCUT2D eigenvalue weighted by molar-refractivity contribution is -0.148. The molecule has 0 N–H and O–H groups in total. The molecule has 4 aromatic rings. The Morgan fingerprint density at radius 1 is 1.00 bits per heavy atom. The number of nitrogens with zero attached hydrogens (tertiary/aromatic N) is 4. The molecule has 2 heterocycles. The lowest BCUT2D eigenvalue weighted by atomic mass is 9.53. The number of thiazole rings is 1. The normalized spacial score (nSPS) is 26.8. The molecule has 0 atom stereocenters. The number of halogens is 2. The molecule has 5 fully saturated rings. The SMILES string of the molecule is Cc1nc2ccc(-c3cccc(N(CC45CCC(c6nc(C7CC7)no6)(CC4)CC5)C(=O)C4CC(F)(F)C4)c3)cc2s1. The van der Waals surface area contributed by atoms with Gasteiger partial charge in [-0.3, -0.25) is 4.79 Å². The maximum absolute atomic E-state index is 13.9. The number of rotatable bonds is 7. The minimum absolute atomic E-state index is 0.0436. The highest BCUT2D eigenvalue weighted by atomic mass is 32.1. The first kappa shape index (κ1) is 26.4. The third-order valence-electron chi connectivity index (χ3n) is 10.4. The Labute approximate surface area is 247 Å². The summed E-state index contributed by atoms with van der Waals surface area (Å²) in [5, 5.41) is 5.31. The van der Waals surface area contributed by atoms with Gasteiger partial charge in [-0.2, -0.15) is 4.98 Å². The van der Waals surface area contributed by atoms with Crippen molar-refractivity contribution in [2.45, 2.75) is 88.4 Å². The third-order valence-corrected chi connectivity index (χ3v) is 11.4. The second-order valence-corrected chi connectivity index (χ2v) is 14.6. The van der Waals surface area contributed by atoms with Crippen molar-refractivity contribution in [3.05, 3.63) is 59.2 Å². The maximum Gasteiger partial charge on any atom is 0.249 e. The number of benzene rings is 2. The molecule has 42 heavy (non-hydrogen) atoms. The monoisotopic (exact) mass is 588 g/mol. The Morgan fingerprint density at radius 3 is 2.45 bits per heavy atom. The Bertz CT molecular complexity index is 1660. The summed E-state index contributed by atoms with van der Waals surface area (Å²) in [5.41, 5.74) is 3.71. The molecule has 5 aliphatic rings. The molecule has 0 saturated heterocycles. The molecule has 0 aliphatic heterocycles. The first-order valence-corrected chi connectivity index (χ1v) is 16.0. The van der Waals surface area contributed by atoms with Gasteiger partial charge in [0.25, 0.3) is 0 Å². The zero-order chi connectivity index (χ0) is 28.7. The molecule has 9 rings (SSSR count). The molecule has 9 heteroatoms. The van der Waals surface area contributed by atoms with Gasteiger partial charge in [-0.15, -0.1) is 11.3 Å². The van der Waals surface area contributed by atoms with E-state index in [1.165, 1.54) is 0 Å². The molecule has 5 saturated carbocycles. The second kappa shape index (κ2) is 9.40. The van der Waals surface area contributed by atoms with Crippen molar-refractivity contribution >= 4 is 33.1 Å². The van der Waals surface area contributed by atoms with Crippen LogP contribution >= 0.6 is 11.3 Å². The van der Waals surface area contributed by atoms with Crippen molar-refractivity contribution in [3.8, 4) is 11.1 Å². The molecule has 2 bridgehead atoms. The van der Waals surface area contributed by atoms with E-state index in [-0.39, 0.29) is 29.6 Å². The fraction of sp³-hybridized carbons (Fsp3) is 0.515. The predicted molar refractivity (Wildman–Crippen MR) is 158 cm³/mol. The highest BCUT2D eigenvalue weighted by Crippen LogP contribution is 2.58. The van der Waals surface area contributed by atoms with E-state index >= 15 is 0 Å². The number of carbonyl (C=O) groups excluding carboxylic acids is 1. The van der Waals surface area contributed by atoms with Gasteiger partial charge in [-0.05, 0) is 99.1 Å². The fourth-order valence-electron chi connectivity index (χ4n) is 7.54.